The number of nitrogens with zero attached hydrogens (tertiary/aromatic N) is 1. The summed E-state index contributed by atoms with van der Waals surface area (Å²) >= 11 is 0. The molecule has 0 saturated carbocycles. The second kappa shape index (κ2) is 3.31. The third kappa shape index (κ3) is 1.24. The van der Waals surface area contributed by atoms with Crippen LogP contribution in [-0.4, -0.2) is 17.2 Å². The minimum atomic E-state index is -0.116. The highest BCUT2D eigenvalue weighted by atomic mass is 16.5. The molecule has 0 unspecified atom stereocenters. The highest BCUT2D eigenvalue weighted by Gasteiger charge is 2.12. The SMILES string of the molecule is COc1ccc2nc(C)oc2c1CO. The first kappa shape index (κ1) is 9.02. The predicted octanol–water partition coefficient (Wildman–Crippen LogP) is 1.64. The molecule has 1 aromatic heterocycles. The van der Waals surface area contributed by atoms with Crippen LogP contribution in [0.3, 0.4) is 0 Å². The van der Waals surface area contributed by atoms with Crippen molar-refractivity contribution in [3.63, 3.8) is 0 Å². The maximum Gasteiger partial charge on any atom is 0.192 e. The summed E-state index contributed by atoms with van der Waals surface area (Å²) in [5, 5.41) is 9.19. The normalized spacial score (nSPS) is 10.8. The largest absolute Gasteiger partial charge is 0.496 e. The summed E-state index contributed by atoms with van der Waals surface area (Å²) in [5.74, 6) is 1.21. The lowest BCUT2D eigenvalue weighted by Gasteiger charge is -2.04. The average molecular weight is 193 g/mol. The molecule has 0 spiro atoms. The lowest BCUT2D eigenvalue weighted by molar-refractivity contribution is 0.273. The Morgan fingerprint density at radius 2 is 2.29 bits per heavy atom. The molecular formula is C10H11NO3. The minimum Gasteiger partial charge on any atom is -0.496 e. The van der Waals surface area contributed by atoms with Crippen molar-refractivity contribution in [3.05, 3.63) is 23.6 Å². The standard InChI is InChI=1S/C10H11NO3/c1-6-11-8-3-4-9(13-2)7(5-12)10(8)14-6/h3-4,12H,5H2,1-2H3. The molecule has 0 fully saturated rings. The van der Waals surface area contributed by atoms with Crippen LogP contribution in [0.1, 0.15) is 11.5 Å². The number of hydrogen-bond donors (Lipinski definition) is 1. The van der Waals surface area contributed by atoms with Gasteiger partial charge in [0, 0.05) is 6.92 Å². The van der Waals surface area contributed by atoms with Crippen LogP contribution in [0, 0.1) is 6.92 Å². The van der Waals surface area contributed by atoms with Gasteiger partial charge < -0.3 is 14.3 Å². The van der Waals surface area contributed by atoms with Gasteiger partial charge in [0.15, 0.2) is 11.5 Å². The van der Waals surface area contributed by atoms with Gasteiger partial charge in [-0.25, -0.2) is 4.98 Å². The summed E-state index contributed by atoms with van der Waals surface area (Å²) in [4.78, 5) is 4.16. The maximum atomic E-state index is 9.19. The topological polar surface area (TPSA) is 55.5 Å². The van der Waals surface area contributed by atoms with Gasteiger partial charge in [-0.2, -0.15) is 0 Å². The van der Waals surface area contributed by atoms with Crippen molar-refractivity contribution in [1.29, 1.82) is 0 Å². The van der Waals surface area contributed by atoms with E-state index in [1.807, 2.05) is 6.07 Å². The number of ether oxygens (including phenoxy) is 1. The number of rotatable bonds is 2. The van der Waals surface area contributed by atoms with Gasteiger partial charge in [-0.05, 0) is 12.1 Å². The number of methoxy groups -OCH3 is 1. The van der Waals surface area contributed by atoms with E-state index in [2.05, 4.69) is 4.98 Å². The number of aryl methyl sites for hydroxylation is 1. The van der Waals surface area contributed by atoms with Gasteiger partial charge in [-0.1, -0.05) is 0 Å². The molecule has 0 aliphatic rings. The molecule has 1 N–H and O–H groups in total. The lowest BCUT2D eigenvalue weighted by Crippen LogP contribution is -1.91. The molecule has 0 bridgehead atoms. The van der Waals surface area contributed by atoms with Crippen LogP contribution in [0.25, 0.3) is 11.1 Å². The highest BCUT2D eigenvalue weighted by molar-refractivity contribution is 5.79. The first-order valence-electron chi connectivity index (χ1n) is 4.30. The zero-order valence-electron chi connectivity index (χ0n) is 8.07. The lowest BCUT2D eigenvalue weighted by atomic mass is 10.2. The highest BCUT2D eigenvalue weighted by Crippen LogP contribution is 2.28. The van der Waals surface area contributed by atoms with E-state index in [9.17, 15) is 5.11 Å². The molecule has 2 rings (SSSR count). The first-order valence-corrected chi connectivity index (χ1v) is 4.30. The Hall–Kier alpha value is -1.55. The summed E-state index contributed by atoms with van der Waals surface area (Å²) in [6, 6.07) is 3.58. The van der Waals surface area contributed by atoms with Crippen molar-refractivity contribution < 1.29 is 14.3 Å². The molecule has 0 radical (unpaired) electrons. The van der Waals surface area contributed by atoms with E-state index in [-0.39, 0.29) is 6.61 Å². The average Bonchev–Trinajstić information content (AvgIpc) is 2.56. The summed E-state index contributed by atoms with van der Waals surface area (Å²) in [6.07, 6.45) is 0. The van der Waals surface area contributed by atoms with E-state index in [0.29, 0.717) is 22.8 Å². The van der Waals surface area contributed by atoms with Gasteiger partial charge in [0.2, 0.25) is 0 Å². The molecule has 0 aliphatic carbocycles. The van der Waals surface area contributed by atoms with Crippen LogP contribution in [0.15, 0.2) is 16.5 Å². The number of fused-ring (bicyclic) bond motifs is 1. The van der Waals surface area contributed by atoms with Crippen molar-refractivity contribution in [1.82, 2.24) is 4.98 Å². The Kier molecular flexibility index (Phi) is 2.13. The van der Waals surface area contributed by atoms with Crippen molar-refractivity contribution in [3.8, 4) is 5.75 Å². The molecule has 2 aromatic rings. The second-order valence-corrected chi connectivity index (χ2v) is 2.99. The van der Waals surface area contributed by atoms with E-state index in [4.69, 9.17) is 9.15 Å². The zero-order chi connectivity index (χ0) is 10.1. The van der Waals surface area contributed by atoms with Crippen LogP contribution >= 0.6 is 0 Å². The third-order valence-corrected chi connectivity index (χ3v) is 2.10. The van der Waals surface area contributed by atoms with Crippen molar-refractivity contribution >= 4 is 11.1 Å². The fraction of sp³-hybridized carbons (Fsp3) is 0.300. The Morgan fingerprint density at radius 3 is 2.93 bits per heavy atom. The number of aliphatic hydroxyl groups excluding tert-OH is 1. The number of hydrogen-bond acceptors (Lipinski definition) is 4. The second-order valence-electron chi connectivity index (χ2n) is 2.99. The third-order valence-electron chi connectivity index (χ3n) is 2.10. The Labute approximate surface area is 81.1 Å². The summed E-state index contributed by atoms with van der Waals surface area (Å²) in [5.41, 5.74) is 1.99. The monoisotopic (exact) mass is 193 g/mol. The molecular weight excluding hydrogens is 182 g/mol. The fourth-order valence-electron chi connectivity index (χ4n) is 1.48. The van der Waals surface area contributed by atoms with Crippen LogP contribution in [0.2, 0.25) is 0 Å². The molecule has 0 atom stereocenters. The summed E-state index contributed by atoms with van der Waals surface area (Å²) < 4.78 is 10.5. The number of benzene rings is 1. The molecule has 1 aromatic carbocycles. The first-order chi connectivity index (χ1) is 6.76. The Morgan fingerprint density at radius 1 is 1.50 bits per heavy atom. The minimum absolute atomic E-state index is 0.116. The molecule has 4 heteroatoms. The summed E-state index contributed by atoms with van der Waals surface area (Å²) in [7, 11) is 1.56. The Balaban J connectivity index is 2.75. The van der Waals surface area contributed by atoms with Crippen LogP contribution < -0.4 is 4.74 Å². The van der Waals surface area contributed by atoms with Gasteiger partial charge >= 0.3 is 0 Å². The predicted molar refractivity (Wildman–Crippen MR) is 51.2 cm³/mol. The van der Waals surface area contributed by atoms with Crippen LogP contribution in [-0.2, 0) is 6.61 Å². The smallest absolute Gasteiger partial charge is 0.192 e. The van der Waals surface area contributed by atoms with E-state index in [1.54, 1.807) is 20.1 Å². The van der Waals surface area contributed by atoms with Gasteiger partial charge in [0.05, 0.1) is 19.3 Å². The molecule has 14 heavy (non-hydrogen) atoms. The quantitative estimate of drug-likeness (QED) is 0.787. The van der Waals surface area contributed by atoms with Crippen molar-refractivity contribution in [2.24, 2.45) is 0 Å². The van der Waals surface area contributed by atoms with Crippen molar-refractivity contribution in [2.45, 2.75) is 13.5 Å². The molecule has 4 nitrogen and oxygen atoms in total. The zero-order valence-corrected chi connectivity index (χ0v) is 8.07. The van der Waals surface area contributed by atoms with Crippen LogP contribution in [0.4, 0.5) is 0 Å². The number of aliphatic hydroxyl groups is 1. The van der Waals surface area contributed by atoms with Gasteiger partial charge in [-0.15, -0.1) is 0 Å². The molecule has 1 heterocycles. The molecule has 0 amide bonds. The van der Waals surface area contributed by atoms with Crippen molar-refractivity contribution in [2.75, 3.05) is 7.11 Å². The van der Waals surface area contributed by atoms with E-state index < -0.39 is 0 Å². The van der Waals surface area contributed by atoms with Crippen LogP contribution in [0.5, 0.6) is 5.75 Å². The van der Waals surface area contributed by atoms with Gasteiger partial charge in [-0.3, -0.25) is 0 Å². The summed E-state index contributed by atoms with van der Waals surface area (Å²) in [6.45, 7) is 1.66. The van der Waals surface area contributed by atoms with Gasteiger partial charge in [0.25, 0.3) is 0 Å². The van der Waals surface area contributed by atoms with E-state index in [0.717, 1.165) is 5.52 Å². The Bertz CT molecular complexity index is 462. The fourth-order valence-corrected chi connectivity index (χ4v) is 1.48. The van der Waals surface area contributed by atoms with E-state index in [1.165, 1.54) is 0 Å². The number of oxazole rings is 1. The van der Waals surface area contributed by atoms with Gasteiger partial charge in [0.1, 0.15) is 11.3 Å². The maximum absolute atomic E-state index is 9.19. The molecule has 0 saturated heterocycles. The van der Waals surface area contributed by atoms with E-state index >= 15 is 0 Å². The number of aromatic nitrogens is 1. The molecule has 0 aliphatic heterocycles. The molecule has 74 valence electrons.